The molecule has 0 radical (unpaired) electrons. The van der Waals surface area contributed by atoms with Gasteiger partial charge in [-0.1, -0.05) is 91.0 Å². The predicted molar refractivity (Wildman–Crippen MR) is 149 cm³/mol. The number of carbonyl (C=O) groups excluding carboxylic acids is 1. The first kappa shape index (κ1) is 23.9. The Balaban J connectivity index is 1.23. The number of aromatic nitrogens is 2. The number of anilines is 1. The van der Waals surface area contributed by atoms with Crippen LogP contribution in [0.3, 0.4) is 0 Å². The molecule has 1 aromatic heterocycles. The second-order valence-electron chi connectivity index (χ2n) is 9.67. The number of hydrogen-bond acceptors (Lipinski definition) is 6. The number of aromatic amines is 1. The average molecular weight is 506 g/mol. The Morgan fingerprint density at radius 1 is 0.895 bits per heavy atom. The summed E-state index contributed by atoms with van der Waals surface area (Å²) in [4.78, 5) is 20.7. The Morgan fingerprint density at radius 2 is 1.55 bits per heavy atom. The summed E-state index contributed by atoms with van der Waals surface area (Å²) in [6.07, 6.45) is 0.459. The molecule has 6 rings (SSSR count). The summed E-state index contributed by atoms with van der Waals surface area (Å²) >= 11 is 0. The van der Waals surface area contributed by atoms with Crippen LogP contribution in [-0.4, -0.2) is 46.2 Å². The van der Waals surface area contributed by atoms with Crippen LogP contribution in [0.1, 0.15) is 33.9 Å². The lowest BCUT2D eigenvalue weighted by Gasteiger charge is -2.37. The summed E-state index contributed by atoms with van der Waals surface area (Å²) < 4.78 is 0. The molecule has 4 N–H and O–H groups in total. The van der Waals surface area contributed by atoms with Crippen LogP contribution in [0.5, 0.6) is 0 Å². The van der Waals surface area contributed by atoms with Crippen molar-refractivity contribution >= 4 is 17.6 Å². The maximum Gasteiger partial charge on any atom is 0.230 e. The fourth-order valence-electron chi connectivity index (χ4n) is 5.09. The van der Waals surface area contributed by atoms with Crippen molar-refractivity contribution in [2.45, 2.75) is 31.7 Å². The molecule has 2 aliphatic heterocycles. The van der Waals surface area contributed by atoms with E-state index in [0.717, 1.165) is 29.3 Å². The Morgan fingerprint density at radius 3 is 2.26 bits per heavy atom. The average Bonchev–Trinajstić information content (AvgIpc) is 3.39. The van der Waals surface area contributed by atoms with Crippen LogP contribution in [0.25, 0.3) is 0 Å². The first-order valence-corrected chi connectivity index (χ1v) is 13.1. The van der Waals surface area contributed by atoms with Crippen molar-refractivity contribution in [3.8, 4) is 0 Å². The van der Waals surface area contributed by atoms with Crippen LogP contribution >= 0.6 is 0 Å². The van der Waals surface area contributed by atoms with Crippen molar-refractivity contribution < 1.29 is 4.79 Å². The highest BCUT2D eigenvalue weighted by atomic mass is 16.1. The molecule has 0 saturated heterocycles. The molecule has 0 spiro atoms. The first-order chi connectivity index (χ1) is 18.7. The molecule has 8 heteroatoms. The van der Waals surface area contributed by atoms with E-state index in [4.69, 9.17) is 4.99 Å². The molecule has 0 bridgehead atoms. The summed E-state index contributed by atoms with van der Waals surface area (Å²) in [5.74, 6) is 1.19. The molecule has 8 nitrogen and oxygen atoms in total. The van der Waals surface area contributed by atoms with E-state index >= 15 is 0 Å². The zero-order valence-electron chi connectivity index (χ0n) is 21.1. The minimum Gasteiger partial charge on any atom is -0.355 e. The predicted octanol–water partition coefficient (Wildman–Crippen LogP) is 3.61. The fourth-order valence-corrected chi connectivity index (χ4v) is 5.09. The van der Waals surface area contributed by atoms with Crippen LogP contribution < -0.4 is 16.0 Å². The van der Waals surface area contributed by atoms with E-state index < -0.39 is 0 Å². The number of amidine groups is 1. The number of benzene rings is 3. The molecule has 1 amide bonds. The van der Waals surface area contributed by atoms with Crippen molar-refractivity contribution in [1.82, 2.24) is 25.7 Å². The number of aliphatic imine (C=N–C) groups is 1. The molecular formula is C30H31N7O. The van der Waals surface area contributed by atoms with Crippen molar-refractivity contribution in [3.05, 3.63) is 119 Å². The highest BCUT2D eigenvalue weighted by molar-refractivity contribution is 6.08. The number of H-pyrrole nitrogens is 1. The van der Waals surface area contributed by atoms with Gasteiger partial charge in [0.05, 0.1) is 17.2 Å². The number of hydrogen-bond donors (Lipinski definition) is 4. The molecule has 4 aromatic rings. The second kappa shape index (κ2) is 10.9. The molecule has 2 aliphatic rings. The Kier molecular flexibility index (Phi) is 6.87. The molecular weight excluding hydrogens is 474 g/mol. The number of rotatable bonds is 9. The Hall–Kier alpha value is -4.43. The fraction of sp³-hybridized carbons (Fsp3) is 0.233. The van der Waals surface area contributed by atoms with Gasteiger partial charge >= 0.3 is 0 Å². The van der Waals surface area contributed by atoms with E-state index in [1.165, 1.54) is 16.7 Å². The Labute approximate surface area is 222 Å². The lowest BCUT2D eigenvalue weighted by Crippen LogP contribution is -2.49. The highest BCUT2D eigenvalue weighted by Crippen LogP contribution is 2.35. The first-order valence-electron chi connectivity index (χ1n) is 13.1. The SMILES string of the molecule is O=C(NCCc1ccccc1)C1CN(Cc2ccccc2)C2=NC(NCc3ccccc3)Nc3n[nH]c1c32. The smallest absolute Gasteiger partial charge is 0.230 e. The van der Waals surface area contributed by atoms with E-state index in [2.05, 4.69) is 67.4 Å². The van der Waals surface area contributed by atoms with Gasteiger partial charge in [0.1, 0.15) is 5.84 Å². The summed E-state index contributed by atoms with van der Waals surface area (Å²) in [5, 5.41) is 17.7. The lowest BCUT2D eigenvalue weighted by atomic mass is 9.93. The van der Waals surface area contributed by atoms with Crippen molar-refractivity contribution in [3.63, 3.8) is 0 Å². The normalized spacial score (nSPS) is 17.8. The van der Waals surface area contributed by atoms with E-state index in [-0.39, 0.29) is 18.1 Å². The van der Waals surface area contributed by atoms with Gasteiger partial charge in [0.25, 0.3) is 0 Å². The minimum atomic E-state index is -0.375. The van der Waals surface area contributed by atoms with Gasteiger partial charge in [0, 0.05) is 26.2 Å². The van der Waals surface area contributed by atoms with Gasteiger partial charge in [0.2, 0.25) is 5.91 Å². The van der Waals surface area contributed by atoms with E-state index in [1.54, 1.807) is 0 Å². The van der Waals surface area contributed by atoms with Crippen molar-refractivity contribution in [2.24, 2.45) is 4.99 Å². The topological polar surface area (TPSA) is 97.4 Å². The summed E-state index contributed by atoms with van der Waals surface area (Å²) in [6.45, 7) is 2.43. The highest BCUT2D eigenvalue weighted by Gasteiger charge is 2.40. The van der Waals surface area contributed by atoms with Gasteiger partial charge in [-0.3, -0.25) is 15.2 Å². The molecule has 0 saturated carbocycles. The maximum absolute atomic E-state index is 13.4. The van der Waals surface area contributed by atoms with E-state index in [1.807, 2.05) is 54.6 Å². The number of amides is 1. The molecule has 0 aliphatic carbocycles. The third kappa shape index (κ3) is 5.17. The largest absolute Gasteiger partial charge is 0.355 e. The van der Waals surface area contributed by atoms with Crippen LogP contribution in [0.4, 0.5) is 5.82 Å². The third-order valence-electron chi connectivity index (χ3n) is 7.02. The number of nitrogens with one attached hydrogen (secondary N) is 4. The maximum atomic E-state index is 13.4. The molecule has 192 valence electrons. The van der Waals surface area contributed by atoms with E-state index in [0.29, 0.717) is 26.2 Å². The summed E-state index contributed by atoms with van der Waals surface area (Å²) in [6, 6.07) is 30.7. The molecule has 3 aromatic carbocycles. The van der Waals surface area contributed by atoms with Gasteiger partial charge in [-0.15, -0.1) is 0 Å². The van der Waals surface area contributed by atoms with Crippen LogP contribution in [-0.2, 0) is 24.3 Å². The number of nitrogens with zero attached hydrogens (tertiary/aromatic N) is 3. The quantitative estimate of drug-likeness (QED) is 0.279. The van der Waals surface area contributed by atoms with E-state index in [9.17, 15) is 4.79 Å². The van der Waals surface area contributed by atoms with Gasteiger partial charge in [-0.05, 0) is 23.1 Å². The second-order valence-corrected chi connectivity index (χ2v) is 9.67. The zero-order valence-corrected chi connectivity index (χ0v) is 21.1. The number of carbonyl (C=O) groups is 1. The summed E-state index contributed by atoms with van der Waals surface area (Å²) in [7, 11) is 0. The van der Waals surface area contributed by atoms with Crippen molar-refractivity contribution in [2.75, 3.05) is 18.4 Å². The molecule has 0 fully saturated rings. The van der Waals surface area contributed by atoms with Gasteiger partial charge < -0.3 is 15.5 Å². The molecule has 2 unspecified atom stereocenters. The van der Waals surface area contributed by atoms with Gasteiger partial charge in [-0.2, -0.15) is 5.10 Å². The van der Waals surface area contributed by atoms with Crippen LogP contribution in [0.15, 0.2) is 96.0 Å². The summed E-state index contributed by atoms with van der Waals surface area (Å²) in [5.41, 5.74) is 5.25. The minimum absolute atomic E-state index is 0.00572. The Bertz CT molecular complexity index is 1400. The van der Waals surface area contributed by atoms with Gasteiger partial charge in [-0.25, -0.2) is 4.99 Å². The van der Waals surface area contributed by atoms with Gasteiger partial charge in [0.15, 0.2) is 12.1 Å². The molecule has 2 atom stereocenters. The zero-order chi connectivity index (χ0) is 25.7. The standard InChI is InChI=1S/C30H31N7O/c38-29(31-17-16-21-10-4-1-5-11-21)24-20-37(19-23-14-8-3-9-15-23)28-25-26(24)35-36-27(25)33-30(34-28)32-18-22-12-6-2-7-13-22/h1-15,24,30,32H,16-20H2,(H,31,38)(H2,33,35,36). The molecule has 3 heterocycles. The van der Waals surface area contributed by atoms with Crippen LogP contribution in [0, 0.1) is 0 Å². The molecule has 38 heavy (non-hydrogen) atoms. The van der Waals surface area contributed by atoms with Crippen molar-refractivity contribution in [1.29, 1.82) is 0 Å². The van der Waals surface area contributed by atoms with Crippen LogP contribution in [0.2, 0.25) is 0 Å². The third-order valence-corrected chi connectivity index (χ3v) is 7.02. The monoisotopic (exact) mass is 505 g/mol. The lowest BCUT2D eigenvalue weighted by molar-refractivity contribution is -0.123.